The van der Waals surface area contributed by atoms with Gasteiger partial charge in [0.15, 0.2) is 0 Å². The van der Waals surface area contributed by atoms with Crippen LogP contribution in [-0.2, 0) is 6.54 Å². The van der Waals surface area contributed by atoms with Gasteiger partial charge in [0.2, 0.25) is 0 Å². The van der Waals surface area contributed by atoms with Crippen molar-refractivity contribution in [3.8, 4) is 11.8 Å². The maximum absolute atomic E-state index is 12.7. The summed E-state index contributed by atoms with van der Waals surface area (Å²) in [5.74, 6) is 5.19. The van der Waals surface area contributed by atoms with Crippen molar-refractivity contribution in [1.82, 2.24) is 4.57 Å². The molecule has 0 atom stereocenters. The Morgan fingerprint density at radius 2 is 1.94 bits per heavy atom. The second-order valence-electron chi connectivity index (χ2n) is 3.66. The van der Waals surface area contributed by atoms with Crippen LogP contribution in [-0.4, -0.2) is 16.3 Å². The molecule has 0 saturated carbocycles. The third-order valence-corrected chi connectivity index (χ3v) is 2.34. The maximum Gasteiger partial charge on any atom is 0.123 e. The zero-order chi connectivity index (χ0) is 12.1. The van der Waals surface area contributed by atoms with Gasteiger partial charge in [0.25, 0.3) is 0 Å². The second-order valence-corrected chi connectivity index (χ2v) is 3.66. The molecule has 86 valence electrons. The van der Waals surface area contributed by atoms with Crippen LogP contribution in [0.15, 0.2) is 42.7 Å². The van der Waals surface area contributed by atoms with E-state index in [1.807, 2.05) is 23.0 Å². The summed E-state index contributed by atoms with van der Waals surface area (Å²) >= 11 is 0. The zero-order valence-electron chi connectivity index (χ0n) is 9.23. The smallest absolute Gasteiger partial charge is 0.123 e. The molecule has 0 bridgehead atoms. The van der Waals surface area contributed by atoms with Gasteiger partial charge in [-0.15, -0.1) is 0 Å². The number of aromatic nitrogens is 1. The number of benzene rings is 1. The molecule has 0 aliphatic heterocycles. The Hall–Kier alpha value is -2.05. The van der Waals surface area contributed by atoms with Crippen LogP contribution in [0.25, 0.3) is 0 Å². The molecule has 0 aliphatic carbocycles. The SMILES string of the molecule is OCC#Cc1ccn(Cc2ccc(F)cc2)c1. The molecular formula is C14H12FNO. The van der Waals surface area contributed by atoms with Crippen molar-refractivity contribution in [3.05, 3.63) is 59.7 Å². The minimum Gasteiger partial charge on any atom is -0.384 e. The molecule has 1 aromatic heterocycles. The molecule has 0 aliphatic rings. The van der Waals surface area contributed by atoms with Gasteiger partial charge in [-0.25, -0.2) is 4.39 Å². The lowest BCUT2D eigenvalue weighted by Gasteiger charge is -2.02. The van der Waals surface area contributed by atoms with Gasteiger partial charge in [0.05, 0.1) is 0 Å². The van der Waals surface area contributed by atoms with Gasteiger partial charge in [0.1, 0.15) is 12.4 Å². The quantitative estimate of drug-likeness (QED) is 0.783. The van der Waals surface area contributed by atoms with Crippen molar-refractivity contribution < 1.29 is 9.50 Å². The highest BCUT2D eigenvalue weighted by Crippen LogP contribution is 2.07. The van der Waals surface area contributed by atoms with E-state index in [1.165, 1.54) is 12.1 Å². The van der Waals surface area contributed by atoms with Crippen molar-refractivity contribution in [2.24, 2.45) is 0 Å². The summed E-state index contributed by atoms with van der Waals surface area (Å²) in [7, 11) is 0. The number of hydrogen-bond donors (Lipinski definition) is 1. The van der Waals surface area contributed by atoms with Crippen LogP contribution < -0.4 is 0 Å². The summed E-state index contributed by atoms with van der Waals surface area (Å²) in [5.41, 5.74) is 1.89. The van der Waals surface area contributed by atoms with Crippen molar-refractivity contribution in [1.29, 1.82) is 0 Å². The molecule has 2 nitrogen and oxygen atoms in total. The fourth-order valence-corrected chi connectivity index (χ4v) is 1.56. The van der Waals surface area contributed by atoms with Gasteiger partial charge in [0, 0.05) is 24.5 Å². The maximum atomic E-state index is 12.7. The van der Waals surface area contributed by atoms with E-state index in [9.17, 15) is 4.39 Å². The van der Waals surface area contributed by atoms with E-state index >= 15 is 0 Å². The molecule has 2 aromatic rings. The van der Waals surface area contributed by atoms with E-state index in [4.69, 9.17) is 5.11 Å². The van der Waals surface area contributed by atoms with E-state index < -0.39 is 0 Å². The van der Waals surface area contributed by atoms with E-state index in [0.29, 0.717) is 6.54 Å². The molecule has 0 spiro atoms. The van der Waals surface area contributed by atoms with Gasteiger partial charge in [-0.05, 0) is 23.8 Å². The molecule has 0 saturated heterocycles. The highest BCUT2D eigenvalue weighted by atomic mass is 19.1. The number of aliphatic hydroxyl groups is 1. The third kappa shape index (κ3) is 3.20. The largest absolute Gasteiger partial charge is 0.384 e. The van der Waals surface area contributed by atoms with Crippen LogP contribution in [0.3, 0.4) is 0 Å². The first-order valence-corrected chi connectivity index (χ1v) is 5.28. The van der Waals surface area contributed by atoms with Crippen molar-refractivity contribution in [2.75, 3.05) is 6.61 Å². The Morgan fingerprint density at radius 1 is 1.18 bits per heavy atom. The van der Waals surface area contributed by atoms with Crippen LogP contribution in [0.2, 0.25) is 0 Å². The molecule has 1 heterocycles. The fraction of sp³-hybridized carbons (Fsp3) is 0.143. The normalized spacial score (nSPS) is 9.76. The minimum atomic E-state index is -0.226. The lowest BCUT2D eigenvalue weighted by Crippen LogP contribution is -1.95. The van der Waals surface area contributed by atoms with Crippen molar-refractivity contribution >= 4 is 0 Å². The van der Waals surface area contributed by atoms with Crippen LogP contribution in [0, 0.1) is 17.7 Å². The highest BCUT2D eigenvalue weighted by Gasteiger charge is 1.97. The summed E-state index contributed by atoms with van der Waals surface area (Å²) in [5, 5.41) is 8.58. The molecule has 2 rings (SSSR count). The first-order chi connectivity index (χ1) is 8.28. The topological polar surface area (TPSA) is 25.2 Å². The number of halogens is 1. The molecule has 0 unspecified atom stereocenters. The van der Waals surface area contributed by atoms with Gasteiger partial charge in [-0.3, -0.25) is 0 Å². The molecule has 1 N–H and O–H groups in total. The standard InChI is InChI=1S/C14H12FNO/c15-14-5-3-13(4-6-14)11-16-8-7-12(10-16)2-1-9-17/h3-8,10,17H,9,11H2. The Bertz CT molecular complexity index is 546. The highest BCUT2D eigenvalue weighted by molar-refractivity contribution is 5.32. The fourth-order valence-electron chi connectivity index (χ4n) is 1.56. The van der Waals surface area contributed by atoms with E-state index in [2.05, 4.69) is 11.8 Å². The number of rotatable bonds is 2. The minimum absolute atomic E-state index is 0.136. The summed E-state index contributed by atoms with van der Waals surface area (Å²) in [6.45, 7) is 0.546. The van der Waals surface area contributed by atoms with Crippen LogP contribution in [0.4, 0.5) is 4.39 Å². The third-order valence-electron chi connectivity index (χ3n) is 2.34. The summed E-state index contributed by atoms with van der Waals surface area (Å²) in [6, 6.07) is 8.30. The molecule has 1 aromatic carbocycles. The molecule has 0 fully saturated rings. The van der Waals surface area contributed by atoms with E-state index in [-0.39, 0.29) is 12.4 Å². The zero-order valence-corrected chi connectivity index (χ0v) is 9.23. The number of aliphatic hydroxyl groups excluding tert-OH is 1. The Labute approximate surface area is 99.3 Å². The van der Waals surface area contributed by atoms with Crippen molar-refractivity contribution in [3.63, 3.8) is 0 Å². The molecule has 0 amide bonds. The van der Waals surface area contributed by atoms with E-state index in [0.717, 1.165) is 11.1 Å². The predicted molar refractivity (Wildman–Crippen MR) is 63.9 cm³/mol. The summed E-state index contributed by atoms with van der Waals surface area (Å²) < 4.78 is 14.7. The van der Waals surface area contributed by atoms with Gasteiger partial charge in [-0.1, -0.05) is 24.0 Å². The van der Waals surface area contributed by atoms with Crippen LogP contribution >= 0.6 is 0 Å². The molecule has 17 heavy (non-hydrogen) atoms. The van der Waals surface area contributed by atoms with Crippen LogP contribution in [0.1, 0.15) is 11.1 Å². The lowest BCUT2D eigenvalue weighted by molar-refractivity contribution is 0.350. The van der Waals surface area contributed by atoms with Crippen molar-refractivity contribution in [2.45, 2.75) is 6.54 Å². The van der Waals surface area contributed by atoms with Gasteiger partial charge < -0.3 is 9.67 Å². The Balaban J connectivity index is 2.08. The number of hydrogen-bond acceptors (Lipinski definition) is 1. The average Bonchev–Trinajstić information content (AvgIpc) is 2.77. The number of nitrogens with zero attached hydrogens (tertiary/aromatic N) is 1. The first kappa shape index (κ1) is 11.4. The molecular weight excluding hydrogens is 217 g/mol. The average molecular weight is 229 g/mol. The van der Waals surface area contributed by atoms with Gasteiger partial charge >= 0.3 is 0 Å². The Kier molecular flexibility index (Phi) is 3.59. The lowest BCUT2D eigenvalue weighted by atomic mass is 10.2. The van der Waals surface area contributed by atoms with E-state index in [1.54, 1.807) is 12.1 Å². The second kappa shape index (κ2) is 5.33. The predicted octanol–water partition coefficient (Wildman–Crippen LogP) is 2.02. The first-order valence-electron chi connectivity index (χ1n) is 5.28. The Morgan fingerprint density at radius 3 is 2.65 bits per heavy atom. The summed E-state index contributed by atoms with van der Waals surface area (Å²) in [4.78, 5) is 0. The monoisotopic (exact) mass is 229 g/mol. The van der Waals surface area contributed by atoms with Gasteiger partial charge in [-0.2, -0.15) is 0 Å². The summed E-state index contributed by atoms with van der Waals surface area (Å²) in [6.07, 6.45) is 3.80. The molecule has 0 radical (unpaired) electrons. The van der Waals surface area contributed by atoms with Crippen LogP contribution in [0.5, 0.6) is 0 Å². The molecule has 3 heteroatoms.